The molecule has 162 valence electrons. The molecule has 30 heavy (non-hydrogen) atoms. The van der Waals surface area contributed by atoms with E-state index in [1.54, 1.807) is 0 Å². The molecule has 0 aromatic carbocycles. The van der Waals surface area contributed by atoms with E-state index in [2.05, 4.69) is 15.2 Å². The summed E-state index contributed by atoms with van der Waals surface area (Å²) in [5.41, 5.74) is -2.07. The highest BCUT2D eigenvalue weighted by molar-refractivity contribution is 7.91. The van der Waals surface area contributed by atoms with Crippen LogP contribution >= 0.6 is 0 Å². The molecule has 0 bridgehead atoms. The van der Waals surface area contributed by atoms with Crippen molar-refractivity contribution in [3.63, 3.8) is 0 Å². The highest BCUT2D eigenvalue weighted by atomic mass is 32.2. The monoisotopic (exact) mass is 450 g/mol. The molecule has 0 atom stereocenters. The first-order chi connectivity index (χ1) is 13.8. The fourth-order valence-corrected chi connectivity index (χ4v) is 3.74. The van der Waals surface area contributed by atoms with Crippen LogP contribution in [0.4, 0.5) is 22.0 Å². The molecule has 0 unspecified atom stereocenters. The third-order valence-corrected chi connectivity index (χ3v) is 5.77. The number of hydrogen-bond acceptors (Lipinski definition) is 6. The highest BCUT2D eigenvalue weighted by Crippen LogP contribution is 2.37. The molecule has 0 aliphatic heterocycles. The average Bonchev–Trinajstić information content (AvgIpc) is 3.13. The minimum atomic E-state index is -4.87. The van der Waals surface area contributed by atoms with E-state index in [0.717, 1.165) is 16.9 Å². The van der Waals surface area contributed by atoms with Gasteiger partial charge in [-0.15, -0.1) is 10.2 Å². The molecule has 3 aromatic heterocycles. The molecule has 7 nitrogen and oxygen atoms in total. The molecule has 13 heteroatoms. The third kappa shape index (κ3) is 4.35. The molecule has 0 amide bonds. The van der Waals surface area contributed by atoms with Gasteiger partial charge in [0.2, 0.25) is 0 Å². The Bertz CT molecular complexity index is 1170. The van der Waals surface area contributed by atoms with Gasteiger partial charge in [0.1, 0.15) is 17.6 Å². The number of halogens is 5. The van der Waals surface area contributed by atoms with Crippen molar-refractivity contribution in [2.45, 2.75) is 30.8 Å². The Kier molecular flexibility index (Phi) is 5.43. The largest absolute Gasteiger partial charge is 0.486 e. The predicted molar refractivity (Wildman–Crippen MR) is 95.1 cm³/mol. The van der Waals surface area contributed by atoms with Gasteiger partial charge in [-0.25, -0.2) is 17.2 Å². The first kappa shape index (κ1) is 21.9. The van der Waals surface area contributed by atoms with E-state index in [4.69, 9.17) is 4.74 Å². The zero-order chi connectivity index (χ0) is 22.3. The second-order valence-electron chi connectivity index (χ2n) is 6.43. The number of sulfone groups is 1. The van der Waals surface area contributed by atoms with Crippen molar-refractivity contribution in [1.82, 2.24) is 19.6 Å². The topological polar surface area (TPSA) is 86.5 Å². The number of alkyl halides is 5. The Morgan fingerprint density at radius 2 is 1.87 bits per heavy atom. The lowest BCUT2D eigenvalue weighted by Crippen LogP contribution is -2.20. The van der Waals surface area contributed by atoms with E-state index in [1.807, 2.05) is 0 Å². The SMILES string of the molecule is CCS(=O)(=O)c1cc(C(F)(F)F)c2nncn2c1-c1ccc(OCC(C)(F)F)cn1. The van der Waals surface area contributed by atoms with E-state index < -0.39 is 50.4 Å². The highest BCUT2D eigenvalue weighted by Gasteiger charge is 2.37. The van der Waals surface area contributed by atoms with Crippen molar-refractivity contribution in [3.8, 4) is 17.1 Å². The van der Waals surface area contributed by atoms with Crippen molar-refractivity contribution >= 4 is 15.5 Å². The standard InChI is InChI=1S/C17H15F5N4O3S/c1-3-30(27,28)13-6-11(17(20,21)22)15-25-24-9-26(15)14(13)12-5-4-10(7-23-12)29-8-16(2,18)19/h4-7,9H,3,8H2,1-2H3. The van der Waals surface area contributed by atoms with Gasteiger partial charge in [-0.3, -0.25) is 9.38 Å². The molecule has 0 radical (unpaired) electrons. The van der Waals surface area contributed by atoms with E-state index in [-0.39, 0.29) is 17.1 Å². The van der Waals surface area contributed by atoms with Gasteiger partial charge in [-0.1, -0.05) is 6.92 Å². The number of ether oxygens (including phenoxy) is 1. The maximum Gasteiger partial charge on any atom is 0.420 e. The van der Waals surface area contributed by atoms with Crippen LogP contribution in [0.5, 0.6) is 5.75 Å². The van der Waals surface area contributed by atoms with Gasteiger partial charge in [0.25, 0.3) is 5.92 Å². The molecule has 3 aromatic rings. The molecule has 0 saturated heterocycles. The third-order valence-electron chi connectivity index (χ3n) is 4.03. The fraction of sp³-hybridized carbons (Fsp3) is 0.353. The Labute approximate surface area is 167 Å². The maximum absolute atomic E-state index is 13.5. The summed E-state index contributed by atoms with van der Waals surface area (Å²) in [5, 5.41) is 6.92. The molecule has 0 N–H and O–H groups in total. The van der Waals surface area contributed by atoms with E-state index >= 15 is 0 Å². The number of aromatic nitrogens is 4. The van der Waals surface area contributed by atoms with Crippen LogP contribution in [0, 0.1) is 0 Å². The van der Waals surface area contributed by atoms with Gasteiger partial charge in [-0.2, -0.15) is 13.2 Å². The van der Waals surface area contributed by atoms with Crippen LogP contribution in [0.15, 0.2) is 35.6 Å². The van der Waals surface area contributed by atoms with Gasteiger partial charge in [0, 0.05) is 6.92 Å². The Morgan fingerprint density at radius 1 is 1.17 bits per heavy atom. The fourth-order valence-electron chi connectivity index (χ4n) is 2.63. The minimum absolute atomic E-state index is 0.0212. The molecule has 0 aliphatic carbocycles. The smallest absolute Gasteiger partial charge is 0.420 e. The lowest BCUT2D eigenvalue weighted by Gasteiger charge is -2.16. The summed E-state index contributed by atoms with van der Waals surface area (Å²) in [6, 6.07) is 3.01. The maximum atomic E-state index is 13.5. The number of hydrogen-bond donors (Lipinski definition) is 0. The molecule has 0 saturated carbocycles. The van der Waals surface area contributed by atoms with Crippen molar-refractivity contribution in [1.29, 1.82) is 0 Å². The molecule has 0 fully saturated rings. The Hall–Kier alpha value is -2.83. The van der Waals surface area contributed by atoms with Crippen LogP contribution in [0.2, 0.25) is 0 Å². The first-order valence-corrected chi connectivity index (χ1v) is 10.1. The summed E-state index contributed by atoms with van der Waals surface area (Å²) in [5.74, 6) is -3.56. The summed E-state index contributed by atoms with van der Waals surface area (Å²) in [6.07, 6.45) is -2.86. The van der Waals surface area contributed by atoms with Gasteiger partial charge in [0.05, 0.1) is 28.2 Å². The van der Waals surface area contributed by atoms with Gasteiger partial charge in [-0.05, 0) is 18.2 Å². The van der Waals surface area contributed by atoms with Crippen LogP contribution in [0.1, 0.15) is 19.4 Å². The van der Waals surface area contributed by atoms with Crippen molar-refractivity contribution < 1.29 is 35.1 Å². The van der Waals surface area contributed by atoms with Crippen molar-refractivity contribution in [2.75, 3.05) is 12.4 Å². The average molecular weight is 450 g/mol. The Morgan fingerprint density at radius 3 is 2.40 bits per heavy atom. The zero-order valence-electron chi connectivity index (χ0n) is 15.6. The minimum Gasteiger partial charge on any atom is -0.486 e. The van der Waals surface area contributed by atoms with E-state index in [0.29, 0.717) is 13.0 Å². The van der Waals surface area contributed by atoms with Crippen LogP contribution in [-0.2, 0) is 16.0 Å². The lowest BCUT2D eigenvalue weighted by atomic mass is 10.2. The summed E-state index contributed by atoms with van der Waals surface area (Å²) in [4.78, 5) is 3.38. The summed E-state index contributed by atoms with van der Waals surface area (Å²) >= 11 is 0. The first-order valence-electron chi connectivity index (χ1n) is 8.47. The summed E-state index contributed by atoms with van der Waals surface area (Å²) in [7, 11) is -4.12. The number of nitrogens with zero attached hydrogens (tertiary/aromatic N) is 4. The Balaban J connectivity index is 2.20. The van der Waals surface area contributed by atoms with Crippen LogP contribution in [-0.4, -0.2) is 46.3 Å². The number of pyridine rings is 2. The van der Waals surface area contributed by atoms with Crippen LogP contribution < -0.4 is 4.74 Å². The second kappa shape index (κ2) is 7.45. The predicted octanol–water partition coefficient (Wildman–Crippen LogP) is 3.64. The van der Waals surface area contributed by atoms with E-state index in [9.17, 15) is 30.4 Å². The molecular weight excluding hydrogens is 435 g/mol. The number of fused-ring (bicyclic) bond motifs is 1. The molecule has 0 aliphatic rings. The van der Waals surface area contributed by atoms with Crippen LogP contribution in [0.25, 0.3) is 17.0 Å². The van der Waals surface area contributed by atoms with Gasteiger partial charge in [0.15, 0.2) is 22.1 Å². The van der Waals surface area contributed by atoms with Crippen molar-refractivity contribution in [2.24, 2.45) is 0 Å². The quantitative estimate of drug-likeness (QED) is 0.533. The second-order valence-corrected chi connectivity index (χ2v) is 8.68. The van der Waals surface area contributed by atoms with Crippen molar-refractivity contribution in [3.05, 3.63) is 36.3 Å². The van der Waals surface area contributed by atoms with Gasteiger partial charge < -0.3 is 4.74 Å². The normalized spacial score (nSPS) is 13.0. The zero-order valence-corrected chi connectivity index (χ0v) is 16.4. The molecule has 3 heterocycles. The van der Waals surface area contributed by atoms with Gasteiger partial charge >= 0.3 is 6.18 Å². The van der Waals surface area contributed by atoms with Crippen LogP contribution in [0.3, 0.4) is 0 Å². The number of rotatable bonds is 6. The lowest BCUT2D eigenvalue weighted by molar-refractivity contribution is -0.136. The molecule has 0 spiro atoms. The van der Waals surface area contributed by atoms with E-state index in [1.165, 1.54) is 19.1 Å². The molecule has 3 rings (SSSR count). The molecular formula is C17H15F5N4O3S. The summed E-state index contributed by atoms with van der Waals surface area (Å²) < 4.78 is 97.2. The summed E-state index contributed by atoms with van der Waals surface area (Å²) in [6.45, 7) is 1.05.